The van der Waals surface area contributed by atoms with Crippen molar-refractivity contribution in [3.63, 3.8) is 0 Å². The highest BCUT2D eigenvalue weighted by Crippen LogP contribution is 2.14. The van der Waals surface area contributed by atoms with Gasteiger partial charge in [0.25, 0.3) is 0 Å². The first kappa shape index (κ1) is 11.1. The Morgan fingerprint density at radius 1 is 1.11 bits per heavy atom. The van der Waals surface area contributed by atoms with E-state index in [1.165, 1.54) is 0 Å². The number of ketones is 1. The van der Waals surface area contributed by atoms with E-state index >= 15 is 0 Å². The molecule has 2 heterocycles. The predicted octanol–water partition coefficient (Wildman–Crippen LogP) is 3.72. The summed E-state index contributed by atoms with van der Waals surface area (Å²) < 4.78 is 0. The van der Waals surface area contributed by atoms with Crippen LogP contribution in [0.25, 0.3) is 10.9 Å². The Hall–Kier alpha value is -2.00. The van der Waals surface area contributed by atoms with Gasteiger partial charge in [-0.3, -0.25) is 4.79 Å². The van der Waals surface area contributed by atoms with Gasteiger partial charge >= 0.3 is 0 Å². The number of thiophene rings is 1. The molecule has 18 heavy (non-hydrogen) atoms. The van der Waals surface area contributed by atoms with E-state index in [-0.39, 0.29) is 5.78 Å². The lowest BCUT2D eigenvalue weighted by molar-refractivity contribution is 0.0988. The highest BCUT2D eigenvalue weighted by atomic mass is 32.1. The summed E-state index contributed by atoms with van der Waals surface area (Å²) in [6.45, 7) is 0. The van der Waals surface area contributed by atoms with E-state index < -0.39 is 0 Å². The molecule has 3 aromatic rings. The summed E-state index contributed by atoms with van der Waals surface area (Å²) in [5.41, 5.74) is 2.47. The van der Waals surface area contributed by atoms with Gasteiger partial charge in [-0.05, 0) is 34.5 Å². The average molecular weight is 253 g/mol. The molecule has 0 spiro atoms. The Kier molecular flexibility index (Phi) is 2.90. The zero-order chi connectivity index (χ0) is 12.4. The van der Waals surface area contributed by atoms with Crippen LogP contribution in [-0.2, 0) is 6.42 Å². The molecule has 0 aliphatic rings. The highest BCUT2D eigenvalue weighted by molar-refractivity contribution is 7.08. The van der Waals surface area contributed by atoms with Crippen LogP contribution in [0.1, 0.15) is 16.1 Å². The number of rotatable bonds is 3. The molecule has 3 heteroatoms. The van der Waals surface area contributed by atoms with Crippen LogP contribution in [-0.4, -0.2) is 10.8 Å². The fraction of sp³-hybridized carbons (Fsp3) is 0.0667. The summed E-state index contributed by atoms with van der Waals surface area (Å²) in [5.74, 6) is 0.0687. The van der Waals surface area contributed by atoms with E-state index in [2.05, 4.69) is 4.98 Å². The molecule has 3 rings (SSSR count). The lowest BCUT2D eigenvalue weighted by Gasteiger charge is -2.01. The number of hydrogen-bond acceptors (Lipinski definition) is 3. The lowest BCUT2D eigenvalue weighted by Crippen LogP contribution is -2.05. The van der Waals surface area contributed by atoms with Crippen LogP contribution < -0.4 is 0 Å². The second-order valence-electron chi connectivity index (χ2n) is 4.12. The SMILES string of the molecule is O=C(Cc1ccsc1)c1ccc2ccccc2n1. The fourth-order valence-electron chi connectivity index (χ4n) is 1.89. The van der Waals surface area contributed by atoms with Gasteiger partial charge in [0.05, 0.1) is 5.52 Å². The van der Waals surface area contributed by atoms with Crippen molar-refractivity contribution in [1.29, 1.82) is 0 Å². The highest BCUT2D eigenvalue weighted by Gasteiger charge is 2.09. The number of para-hydroxylation sites is 1. The fourth-order valence-corrected chi connectivity index (χ4v) is 2.56. The number of carbonyl (C=O) groups excluding carboxylic acids is 1. The number of Topliss-reactive ketones (excluding diaryl/α,β-unsaturated/α-hetero) is 1. The molecule has 0 unspecified atom stereocenters. The number of benzene rings is 1. The van der Waals surface area contributed by atoms with Gasteiger partial charge in [0.2, 0.25) is 0 Å². The zero-order valence-electron chi connectivity index (χ0n) is 9.67. The molecule has 2 aromatic heterocycles. The molecule has 0 bridgehead atoms. The van der Waals surface area contributed by atoms with Gasteiger partial charge in [-0.25, -0.2) is 4.98 Å². The minimum Gasteiger partial charge on any atom is -0.292 e. The van der Waals surface area contributed by atoms with E-state index in [0.29, 0.717) is 12.1 Å². The molecule has 0 aliphatic heterocycles. The largest absolute Gasteiger partial charge is 0.292 e. The first-order valence-corrected chi connectivity index (χ1v) is 6.67. The average Bonchev–Trinajstić information content (AvgIpc) is 2.91. The normalized spacial score (nSPS) is 10.7. The van der Waals surface area contributed by atoms with Crippen LogP contribution in [0.5, 0.6) is 0 Å². The molecule has 0 N–H and O–H groups in total. The first-order chi connectivity index (χ1) is 8.83. The molecule has 0 atom stereocenters. The van der Waals surface area contributed by atoms with Crippen molar-refractivity contribution in [3.05, 3.63) is 64.5 Å². The van der Waals surface area contributed by atoms with Crippen LogP contribution in [0.4, 0.5) is 0 Å². The summed E-state index contributed by atoms with van der Waals surface area (Å²) in [4.78, 5) is 16.5. The van der Waals surface area contributed by atoms with Gasteiger partial charge in [0.1, 0.15) is 5.69 Å². The molecule has 0 amide bonds. The zero-order valence-corrected chi connectivity index (χ0v) is 10.5. The summed E-state index contributed by atoms with van der Waals surface area (Å²) >= 11 is 1.61. The summed E-state index contributed by atoms with van der Waals surface area (Å²) in [7, 11) is 0. The number of carbonyl (C=O) groups is 1. The minimum absolute atomic E-state index is 0.0687. The number of pyridine rings is 1. The van der Waals surface area contributed by atoms with Crippen molar-refractivity contribution >= 4 is 28.0 Å². The van der Waals surface area contributed by atoms with Crippen molar-refractivity contribution < 1.29 is 4.79 Å². The van der Waals surface area contributed by atoms with E-state index in [1.807, 2.05) is 47.2 Å². The van der Waals surface area contributed by atoms with Crippen molar-refractivity contribution in [3.8, 4) is 0 Å². The van der Waals surface area contributed by atoms with Gasteiger partial charge in [-0.1, -0.05) is 24.3 Å². The first-order valence-electron chi connectivity index (χ1n) is 5.73. The third kappa shape index (κ3) is 2.17. The molecule has 0 saturated carbocycles. The van der Waals surface area contributed by atoms with Gasteiger partial charge < -0.3 is 0 Å². The van der Waals surface area contributed by atoms with E-state index in [1.54, 1.807) is 17.4 Å². The number of nitrogens with zero attached hydrogens (tertiary/aromatic N) is 1. The van der Waals surface area contributed by atoms with Crippen molar-refractivity contribution in [2.75, 3.05) is 0 Å². The number of aromatic nitrogens is 1. The monoisotopic (exact) mass is 253 g/mol. The van der Waals surface area contributed by atoms with Crippen LogP contribution in [0.2, 0.25) is 0 Å². The van der Waals surface area contributed by atoms with Crippen LogP contribution in [0.3, 0.4) is 0 Å². The summed E-state index contributed by atoms with van der Waals surface area (Å²) in [6.07, 6.45) is 0.425. The maximum absolute atomic E-state index is 12.1. The topological polar surface area (TPSA) is 30.0 Å². The molecule has 2 nitrogen and oxygen atoms in total. The standard InChI is InChI=1S/C15H11NOS/c17-15(9-11-7-8-18-10-11)14-6-5-12-3-1-2-4-13(12)16-14/h1-8,10H,9H2. The van der Waals surface area contributed by atoms with Crippen LogP contribution >= 0.6 is 11.3 Å². The third-order valence-electron chi connectivity index (χ3n) is 2.83. The molecule has 0 aliphatic carbocycles. The van der Waals surface area contributed by atoms with Crippen LogP contribution in [0.15, 0.2) is 53.2 Å². The van der Waals surface area contributed by atoms with E-state index in [4.69, 9.17) is 0 Å². The number of fused-ring (bicyclic) bond motifs is 1. The van der Waals surface area contributed by atoms with Crippen LogP contribution in [0, 0.1) is 0 Å². The lowest BCUT2D eigenvalue weighted by atomic mass is 10.1. The van der Waals surface area contributed by atoms with Gasteiger partial charge in [-0.15, -0.1) is 0 Å². The van der Waals surface area contributed by atoms with Gasteiger partial charge in [-0.2, -0.15) is 11.3 Å². The molecular formula is C15H11NOS. The maximum Gasteiger partial charge on any atom is 0.185 e. The molecule has 0 fully saturated rings. The summed E-state index contributed by atoms with van der Waals surface area (Å²) in [6, 6.07) is 13.6. The van der Waals surface area contributed by atoms with Crippen molar-refractivity contribution in [2.45, 2.75) is 6.42 Å². The predicted molar refractivity (Wildman–Crippen MR) is 74.1 cm³/mol. The molecule has 88 valence electrons. The van der Waals surface area contributed by atoms with Gasteiger partial charge in [0, 0.05) is 11.8 Å². The second-order valence-corrected chi connectivity index (χ2v) is 4.90. The van der Waals surface area contributed by atoms with Crippen molar-refractivity contribution in [2.24, 2.45) is 0 Å². The number of hydrogen-bond donors (Lipinski definition) is 0. The molecular weight excluding hydrogens is 242 g/mol. The quantitative estimate of drug-likeness (QED) is 0.666. The minimum atomic E-state index is 0.0687. The Balaban J connectivity index is 1.92. The van der Waals surface area contributed by atoms with E-state index in [9.17, 15) is 4.79 Å². The second kappa shape index (κ2) is 4.70. The Labute approximate surface area is 109 Å². The van der Waals surface area contributed by atoms with E-state index in [0.717, 1.165) is 16.5 Å². The molecule has 0 radical (unpaired) electrons. The molecule has 1 aromatic carbocycles. The van der Waals surface area contributed by atoms with Gasteiger partial charge in [0.15, 0.2) is 5.78 Å². The third-order valence-corrected chi connectivity index (χ3v) is 3.56. The smallest absolute Gasteiger partial charge is 0.185 e. The molecule has 0 saturated heterocycles. The summed E-state index contributed by atoms with van der Waals surface area (Å²) in [5, 5.41) is 5.04. The Bertz CT molecular complexity index is 689. The Morgan fingerprint density at radius 2 is 2.00 bits per heavy atom. The van der Waals surface area contributed by atoms with Crippen molar-refractivity contribution in [1.82, 2.24) is 4.98 Å². The Morgan fingerprint density at radius 3 is 2.83 bits per heavy atom. The maximum atomic E-state index is 12.1.